The summed E-state index contributed by atoms with van der Waals surface area (Å²) in [7, 11) is 0. The topological polar surface area (TPSA) is 119 Å². The van der Waals surface area contributed by atoms with E-state index >= 15 is 0 Å². The number of aliphatic hydroxyl groups is 2. The van der Waals surface area contributed by atoms with Crippen molar-refractivity contribution in [2.45, 2.75) is 34.3 Å². The van der Waals surface area contributed by atoms with Crippen LogP contribution in [0.15, 0.2) is 21.2 Å². The Morgan fingerprint density at radius 2 is 1.67 bits per heavy atom. The summed E-state index contributed by atoms with van der Waals surface area (Å²) in [5.41, 5.74) is 0.812. The van der Waals surface area contributed by atoms with E-state index in [9.17, 15) is 4.79 Å². The Bertz CT molecular complexity index is 553. The molecule has 10 heteroatoms. The van der Waals surface area contributed by atoms with Gasteiger partial charge in [0.15, 0.2) is 5.69 Å². The van der Waals surface area contributed by atoms with Crippen LogP contribution in [0.1, 0.15) is 43.0 Å². The number of aryl methyl sites for hydroxylation is 2. The smallest absolute Gasteiger partial charge is 1.00 e. The van der Waals surface area contributed by atoms with Crippen molar-refractivity contribution >= 4 is 14.4 Å². The van der Waals surface area contributed by atoms with Gasteiger partial charge < -0.3 is 25.4 Å². The predicted octanol–water partition coefficient (Wildman–Crippen LogP) is -1.63. The Kier molecular flexibility index (Phi) is 19.3. The van der Waals surface area contributed by atoms with Crippen molar-refractivity contribution in [3.63, 3.8) is 0 Å². The fourth-order valence-electron chi connectivity index (χ4n) is 1.16. The van der Waals surface area contributed by atoms with Gasteiger partial charge in [-0.25, -0.2) is 4.79 Å². The summed E-state index contributed by atoms with van der Waals surface area (Å²) in [4.78, 5) is 10.9. The Morgan fingerprint density at radius 3 is 1.96 bits per heavy atom. The Labute approximate surface area is 166 Å². The van der Waals surface area contributed by atoms with Crippen molar-refractivity contribution in [2.24, 2.45) is 0 Å². The zero-order chi connectivity index (χ0) is 17.0. The minimum Gasteiger partial charge on any atom is -1.00 e. The predicted molar refractivity (Wildman–Crippen MR) is 84.0 cm³/mol. The number of ether oxygens (including phenoxy) is 1. The molecule has 2 aromatic rings. The van der Waals surface area contributed by atoms with E-state index in [0.717, 1.165) is 5.76 Å². The molecule has 0 aliphatic rings. The van der Waals surface area contributed by atoms with Gasteiger partial charge in [-0.15, -0.1) is 0 Å². The van der Waals surface area contributed by atoms with Gasteiger partial charge in [0, 0.05) is 27.2 Å². The van der Waals surface area contributed by atoms with Gasteiger partial charge in [-0.1, -0.05) is 10.3 Å². The van der Waals surface area contributed by atoms with E-state index in [0.29, 0.717) is 18.1 Å². The van der Waals surface area contributed by atoms with Crippen molar-refractivity contribution in [3.05, 3.63) is 35.0 Å². The van der Waals surface area contributed by atoms with Crippen LogP contribution in [0, 0.1) is 13.8 Å². The summed E-state index contributed by atoms with van der Waals surface area (Å²) in [6.07, 6.45) is 0. The molecule has 0 aliphatic carbocycles. The first-order valence-corrected chi connectivity index (χ1v) is 6.72. The molecule has 2 heterocycles. The molecule has 0 atom stereocenters. The third-order valence-electron chi connectivity index (χ3n) is 1.95. The average Bonchev–Trinajstić information content (AvgIpc) is 3.09. The number of aliphatic hydroxyl groups excluding tert-OH is 2. The molecule has 0 fully saturated rings. The number of rotatable bonds is 3. The molecule has 2 aromatic heterocycles. The van der Waals surface area contributed by atoms with Crippen LogP contribution in [-0.4, -0.2) is 48.1 Å². The van der Waals surface area contributed by atoms with E-state index in [-0.39, 0.29) is 58.3 Å². The van der Waals surface area contributed by atoms with E-state index in [2.05, 4.69) is 24.1 Å². The van der Waals surface area contributed by atoms with Gasteiger partial charge in [-0.3, -0.25) is 0 Å². The van der Waals surface area contributed by atoms with E-state index < -0.39 is 5.97 Å². The Balaban J connectivity index is -0.000000141. The van der Waals surface area contributed by atoms with Gasteiger partial charge >= 0.3 is 35.5 Å². The second kappa shape index (κ2) is 16.7. The third kappa shape index (κ3) is 12.3. The Morgan fingerprint density at radius 1 is 1.17 bits per heavy atom. The number of carbonyl (C=O) groups excluding carboxylic acids is 1. The van der Waals surface area contributed by atoms with Crippen LogP contribution in [0.2, 0.25) is 0 Å². The van der Waals surface area contributed by atoms with Crippen LogP contribution >= 0.6 is 0 Å². The maximum absolute atomic E-state index is 10.9. The summed E-state index contributed by atoms with van der Waals surface area (Å²) >= 11 is 0. The van der Waals surface area contributed by atoms with Crippen molar-refractivity contribution in [1.82, 2.24) is 10.3 Å². The fraction of sp³-hybridized carbons (Fsp3) is 0.500. The van der Waals surface area contributed by atoms with Crippen molar-refractivity contribution in [1.29, 1.82) is 0 Å². The zero-order valence-electron chi connectivity index (χ0n) is 15.8. The number of hydrogen-bond acceptors (Lipinski definition) is 8. The second-order valence-electron chi connectivity index (χ2n) is 3.95. The molecule has 129 valence electrons. The average molecular weight is 349 g/mol. The van der Waals surface area contributed by atoms with Gasteiger partial charge in [0.2, 0.25) is 0 Å². The van der Waals surface area contributed by atoms with Gasteiger partial charge in [0.05, 0.1) is 13.2 Å². The van der Waals surface area contributed by atoms with Crippen molar-refractivity contribution in [2.75, 3.05) is 13.2 Å². The Hall–Kier alpha value is -1.13. The van der Waals surface area contributed by atoms with Crippen LogP contribution in [0.25, 0.3) is 0 Å². The molecule has 0 spiro atoms. The largest absolute Gasteiger partial charge is 1.00 e. The molecule has 0 saturated carbocycles. The molecule has 2 N–H and O–H groups in total. The molecule has 0 aliphatic heterocycles. The molecule has 0 unspecified atom stereocenters. The normalized spacial score (nSPS) is 8.42. The van der Waals surface area contributed by atoms with Crippen LogP contribution < -0.4 is 29.6 Å². The standard InChI is InChI=1S/C7H9NO3.C5H7NO2.C2H6O.B.Na.H/c1-3-10-7(9)6-4-5(2)11-8-6;1-4-2-5(3-7)6-8-4;1-2-3;;;/h4H,3H2,1-2H3;2,7H,3H2,1H3;3H,2H2,1H3;;;/q;;;;+1;-1. The summed E-state index contributed by atoms with van der Waals surface area (Å²) in [6, 6.07) is 3.23. The summed E-state index contributed by atoms with van der Waals surface area (Å²) in [5.74, 6) is 0.895. The van der Waals surface area contributed by atoms with Gasteiger partial charge in [0.25, 0.3) is 0 Å². The summed E-state index contributed by atoms with van der Waals surface area (Å²) < 4.78 is 14.0. The molecule has 3 radical (unpaired) electrons. The van der Waals surface area contributed by atoms with Crippen molar-refractivity contribution < 1.29 is 59.8 Å². The van der Waals surface area contributed by atoms with Gasteiger partial charge in [-0.05, 0) is 27.7 Å². The van der Waals surface area contributed by atoms with Gasteiger partial charge in [-0.2, -0.15) is 0 Å². The van der Waals surface area contributed by atoms with E-state index in [1.54, 1.807) is 33.8 Å². The molecule has 0 saturated heterocycles. The maximum atomic E-state index is 10.9. The van der Waals surface area contributed by atoms with E-state index in [4.69, 9.17) is 10.2 Å². The molecule has 24 heavy (non-hydrogen) atoms. The fourth-order valence-corrected chi connectivity index (χ4v) is 1.16. The molecule has 0 amide bonds. The van der Waals surface area contributed by atoms with Crippen LogP contribution in [0.4, 0.5) is 0 Å². The first-order chi connectivity index (χ1) is 10.5. The van der Waals surface area contributed by atoms with Crippen molar-refractivity contribution in [3.8, 4) is 0 Å². The summed E-state index contributed by atoms with van der Waals surface area (Å²) in [6.45, 7) is 7.48. The first kappa shape index (κ1) is 27.7. The first-order valence-electron chi connectivity index (χ1n) is 6.72. The molecular formula is C14H23BN2NaO6. The minimum absolute atomic E-state index is 0. The second-order valence-corrected chi connectivity index (χ2v) is 3.95. The molecule has 0 bridgehead atoms. The van der Waals surface area contributed by atoms with Gasteiger partial charge in [0.1, 0.15) is 17.2 Å². The number of esters is 1. The van der Waals surface area contributed by atoms with Crippen LogP contribution in [0.5, 0.6) is 0 Å². The molecule has 2 rings (SSSR count). The summed E-state index contributed by atoms with van der Waals surface area (Å²) in [5, 5.41) is 23.0. The zero-order valence-corrected chi connectivity index (χ0v) is 16.8. The van der Waals surface area contributed by atoms with E-state index in [1.165, 1.54) is 6.07 Å². The minimum atomic E-state index is -0.440. The number of aromatic nitrogens is 2. The molecule has 0 aromatic carbocycles. The quantitative estimate of drug-likeness (QED) is 0.501. The van der Waals surface area contributed by atoms with Crippen LogP contribution in [-0.2, 0) is 11.3 Å². The monoisotopic (exact) mass is 349 g/mol. The SMILES string of the molecule is CCO.CCOC(=O)c1cc(C)on1.Cc1cc(CO)no1.[B].[H-].[Na+]. The van der Waals surface area contributed by atoms with Crippen LogP contribution in [0.3, 0.4) is 0 Å². The molecular weight excluding hydrogens is 326 g/mol. The number of carbonyl (C=O) groups is 1. The maximum Gasteiger partial charge on any atom is 1.00 e. The third-order valence-corrected chi connectivity index (χ3v) is 1.95. The number of hydrogen-bond donors (Lipinski definition) is 2. The number of nitrogens with zero attached hydrogens (tertiary/aromatic N) is 2. The molecule has 8 nitrogen and oxygen atoms in total. The van der Waals surface area contributed by atoms with E-state index in [1.807, 2.05) is 0 Å².